The molecule has 4 rings (SSSR count). The molecule has 2 aliphatic rings. The van der Waals surface area contributed by atoms with Gasteiger partial charge in [0.2, 0.25) is 11.8 Å². The molecule has 9 nitrogen and oxygen atoms in total. The summed E-state index contributed by atoms with van der Waals surface area (Å²) in [5, 5.41) is 5.02. The fourth-order valence-electron chi connectivity index (χ4n) is 3.89. The van der Waals surface area contributed by atoms with Crippen LogP contribution in [0.1, 0.15) is 12.8 Å². The van der Waals surface area contributed by atoms with Gasteiger partial charge < -0.3 is 19.4 Å². The molecule has 2 amide bonds. The van der Waals surface area contributed by atoms with Crippen molar-refractivity contribution in [2.75, 3.05) is 57.4 Å². The van der Waals surface area contributed by atoms with E-state index in [9.17, 15) is 14.4 Å². The molecule has 2 saturated heterocycles. The molecule has 0 atom stereocenters. The van der Waals surface area contributed by atoms with E-state index in [1.165, 1.54) is 10.7 Å². The topological polar surface area (TPSA) is 88.0 Å². The van der Waals surface area contributed by atoms with Gasteiger partial charge in [-0.25, -0.2) is 0 Å². The van der Waals surface area contributed by atoms with Crippen LogP contribution in [-0.2, 0) is 14.3 Å². The second-order valence-corrected chi connectivity index (χ2v) is 8.22. The van der Waals surface area contributed by atoms with E-state index < -0.39 is 0 Å². The average molecular weight is 460 g/mol. The number of ether oxygens (including phenoxy) is 1. The van der Waals surface area contributed by atoms with E-state index in [0.717, 1.165) is 0 Å². The van der Waals surface area contributed by atoms with Crippen molar-refractivity contribution in [1.29, 1.82) is 0 Å². The first-order valence-electron chi connectivity index (χ1n) is 10.8. The molecule has 0 spiro atoms. The Morgan fingerprint density at radius 2 is 1.56 bits per heavy atom. The van der Waals surface area contributed by atoms with Gasteiger partial charge in [0, 0.05) is 63.2 Å². The summed E-state index contributed by atoms with van der Waals surface area (Å²) in [7, 11) is 0. The minimum absolute atomic E-state index is 0.00718. The Labute approximate surface area is 191 Å². The van der Waals surface area contributed by atoms with Gasteiger partial charge in [-0.15, -0.1) is 5.10 Å². The summed E-state index contributed by atoms with van der Waals surface area (Å²) in [6.45, 7) is 4.59. The summed E-state index contributed by atoms with van der Waals surface area (Å²) in [4.78, 5) is 42.7. The SMILES string of the molecule is O=C(CCC(=O)N1CCN(c2ccc(=O)n(-c3cccc(Cl)c3)n2)CC1)N1CCOCC1. The van der Waals surface area contributed by atoms with Crippen molar-refractivity contribution >= 4 is 29.2 Å². The number of hydrogen-bond acceptors (Lipinski definition) is 6. The summed E-state index contributed by atoms with van der Waals surface area (Å²) in [6, 6.07) is 10.2. The summed E-state index contributed by atoms with van der Waals surface area (Å²) < 4.78 is 6.59. The Morgan fingerprint density at radius 1 is 0.906 bits per heavy atom. The number of anilines is 1. The minimum Gasteiger partial charge on any atom is -0.378 e. The van der Waals surface area contributed by atoms with Crippen LogP contribution < -0.4 is 10.5 Å². The van der Waals surface area contributed by atoms with Crippen LogP contribution in [0, 0.1) is 0 Å². The highest BCUT2D eigenvalue weighted by Gasteiger charge is 2.24. The van der Waals surface area contributed by atoms with Crippen molar-refractivity contribution in [3.05, 3.63) is 51.8 Å². The van der Waals surface area contributed by atoms with E-state index >= 15 is 0 Å². The van der Waals surface area contributed by atoms with Crippen LogP contribution in [0.15, 0.2) is 41.2 Å². The van der Waals surface area contributed by atoms with Gasteiger partial charge >= 0.3 is 0 Å². The first kappa shape index (κ1) is 22.3. The number of amides is 2. The van der Waals surface area contributed by atoms with Gasteiger partial charge in [-0.05, 0) is 24.3 Å². The Kier molecular flexibility index (Phi) is 7.06. The van der Waals surface area contributed by atoms with Gasteiger partial charge in [-0.2, -0.15) is 4.68 Å². The van der Waals surface area contributed by atoms with E-state index in [2.05, 4.69) is 5.10 Å². The predicted octanol–water partition coefficient (Wildman–Crippen LogP) is 1.17. The summed E-state index contributed by atoms with van der Waals surface area (Å²) in [5.74, 6) is 0.662. The van der Waals surface area contributed by atoms with Gasteiger partial charge in [-0.1, -0.05) is 17.7 Å². The van der Waals surface area contributed by atoms with E-state index in [0.29, 0.717) is 69.0 Å². The lowest BCUT2D eigenvalue weighted by Crippen LogP contribution is -2.49. The Bertz CT molecular complexity index is 1030. The summed E-state index contributed by atoms with van der Waals surface area (Å²) >= 11 is 6.05. The number of piperazine rings is 1. The van der Waals surface area contributed by atoms with Crippen molar-refractivity contribution in [2.45, 2.75) is 12.8 Å². The van der Waals surface area contributed by atoms with Gasteiger partial charge in [0.25, 0.3) is 5.56 Å². The van der Waals surface area contributed by atoms with Crippen LogP contribution in [0.3, 0.4) is 0 Å². The quantitative estimate of drug-likeness (QED) is 0.667. The van der Waals surface area contributed by atoms with E-state index in [1.54, 1.807) is 40.1 Å². The normalized spacial score (nSPS) is 16.8. The number of hydrogen-bond donors (Lipinski definition) is 0. The molecule has 10 heteroatoms. The van der Waals surface area contributed by atoms with Crippen molar-refractivity contribution in [1.82, 2.24) is 19.6 Å². The number of carbonyl (C=O) groups is 2. The molecule has 170 valence electrons. The Morgan fingerprint density at radius 3 is 2.22 bits per heavy atom. The number of morpholine rings is 1. The van der Waals surface area contributed by atoms with Gasteiger partial charge in [0.05, 0.1) is 18.9 Å². The molecule has 0 aliphatic carbocycles. The third-order valence-corrected chi connectivity index (χ3v) is 5.95. The van der Waals surface area contributed by atoms with Crippen LogP contribution >= 0.6 is 11.6 Å². The van der Waals surface area contributed by atoms with Crippen molar-refractivity contribution < 1.29 is 14.3 Å². The molecule has 3 heterocycles. The van der Waals surface area contributed by atoms with Crippen LogP contribution in [-0.4, -0.2) is 83.9 Å². The molecule has 0 bridgehead atoms. The minimum atomic E-state index is -0.241. The second-order valence-electron chi connectivity index (χ2n) is 7.78. The van der Waals surface area contributed by atoms with Crippen LogP contribution in [0.5, 0.6) is 0 Å². The number of halogens is 1. The van der Waals surface area contributed by atoms with Crippen molar-refractivity contribution in [3.8, 4) is 5.69 Å². The van der Waals surface area contributed by atoms with Crippen LogP contribution in [0.2, 0.25) is 5.02 Å². The van der Waals surface area contributed by atoms with Crippen molar-refractivity contribution in [3.63, 3.8) is 0 Å². The standard InChI is InChI=1S/C22H26ClN5O4/c23-17-2-1-3-18(16-17)28-22(31)5-4-19(24-28)25-8-10-26(11-9-25)20(29)6-7-21(30)27-12-14-32-15-13-27/h1-5,16H,6-15H2. The largest absolute Gasteiger partial charge is 0.378 e. The molecule has 0 N–H and O–H groups in total. The molecule has 0 unspecified atom stereocenters. The molecule has 0 radical (unpaired) electrons. The lowest BCUT2D eigenvalue weighted by Gasteiger charge is -2.35. The molecular weight excluding hydrogens is 434 g/mol. The van der Waals surface area contributed by atoms with E-state index in [1.807, 2.05) is 4.90 Å². The maximum atomic E-state index is 12.6. The zero-order chi connectivity index (χ0) is 22.5. The highest BCUT2D eigenvalue weighted by molar-refractivity contribution is 6.30. The second kappa shape index (κ2) is 10.1. The number of aromatic nitrogens is 2. The summed E-state index contributed by atoms with van der Waals surface area (Å²) in [5.41, 5.74) is 0.359. The summed E-state index contributed by atoms with van der Waals surface area (Å²) in [6.07, 6.45) is 0.444. The third-order valence-electron chi connectivity index (χ3n) is 5.71. The number of benzene rings is 1. The third kappa shape index (κ3) is 5.28. The van der Waals surface area contributed by atoms with Gasteiger partial charge in [0.1, 0.15) is 5.82 Å². The molecule has 2 aromatic rings. The maximum Gasteiger partial charge on any atom is 0.271 e. The Hall–Kier alpha value is -2.91. The molecule has 1 aromatic heterocycles. The first-order valence-corrected chi connectivity index (χ1v) is 11.1. The van der Waals surface area contributed by atoms with Gasteiger partial charge in [0.15, 0.2) is 0 Å². The number of carbonyl (C=O) groups excluding carboxylic acids is 2. The molecule has 2 aliphatic heterocycles. The molecular formula is C22H26ClN5O4. The lowest BCUT2D eigenvalue weighted by atomic mass is 10.2. The fourth-order valence-corrected chi connectivity index (χ4v) is 4.08. The smallest absolute Gasteiger partial charge is 0.271 e. The molecule has 2 fully saturated rings. The van der Waals surface area contributed by atoms with Gasteiger partial charge in [-0.3, -0.25) is 14.4 Å². The highest BCUT2D eigenvalue weighted by Crippen LogP contribution is 2.16. The number of rotatable bonds is 5. The average Bonchev–Trinajstić information content (AvgIpc) is 2.83. The number of nitrogens with zero attached hydrogens (tertiary/aromatic N) is 5. The lowest BCUT2D eigenvalue weighted by molar-refractivity contribution is -0.139. The van der Waals surface area contributed by atoms with Crippen LogP contribution in [0.4, 0.5) is 5.82 Å². The molecule has 1 aromatic carbocycles. The Balaban J connectivity index is 1.32. The van der Waals surface area contributed by atoms with E-state index in [-0.39, 0.29) is 30.2 Å². The maximum absolute atomic E-state index is 12.6. The predicted molar refractivity (Wildman–Crippen MR) is 120 cm³/mol. The highest BCUT2D eigenvalue weighted by atomic mass is 35.5. The molecule has 32 heavy (non-hydrogen) atoms. The van der Waals surface area contributed by atoms with Crippen molar-refractivity contribution in [2.24, 2.45) is 0 Å². The van der Waals surface area contributed by atoms with Crippen LogP contribution in [0.25, 0.3) is 5.69 Å². The zero-order valence-electron chi connectivity index (χ0n) is 17.8. The fraction of sp³-hybridized carbons (Fsp3) is 0.455. The van der Waals surface area contributed by atoms with E-state index in [4.69, 9.17) is 16.3 Å². The first-order chi connectivity index (χ1) is 15.5. The molecule has 0 saturated carbocycles. The zero-order valence-corrected chi connectivity index (χ0v) is 18.5. The monoisotopic (exact) mass is 459 g/mol.